The number of carbonyl (C=O) groups excluding carboxylic acids is 1. The molecule has 1 amide bonds. The van der Waals surface area contributed by atoms with Gasteiger partial charge in [0.15, 0.2) is 0 Å². The number of carbonyl (C=O) groups is 1. The van der Waals surface area contributed by atoms with E-state index in [0.29, 0.717) is 0 Å². The summed E-state index contributed by atoms with van der Waals surface area (Å²) in [6.07, 6.45) is 1.97. The lowest BCUT2D eigenvalue weighted by atomic mass is 9.98. The summed E-state index contributed by atoms with van der Waals surface area (Å²) < 4.78 is 0. The quantitative estimate of drug-likeness (QED) is 0.394. The number of nitrogens with zero attached hydrogens (tertiary/aromatic N) is 5. The molecule has 7 nitrogen and oxygen atoms in total. The molecule has 0 bridgehead atoms. The second-order valence-corrected chi connectivity index (χ2v) is 11.0. The van der Waals surface area contributed by atoms with Crippen LogP contribution < -0.4 is 9.80 Å². The van der Waals surface area contributed by atoms with Gasteiger partial charge in [-0.3, -0.25) is 9.69 Å². The van der Waals surface area contributed by atoms with Crippen LogP contribution in [0.15, 0.2) is 66.9 Å². The molecule has 2 fully saturated rings. The summed E-state index contributed by atoms with van der Waals surface area (Å²) in [4.78, 5) is 26.1. The van der Waals surface area contributed by atoms with Crippen LogP contribution in [0, 0.1) is 25.2 Å². The molecule has 0 spiro atoms. The Hall–Kier alpha value is -4.28. The number of H-pyrrole nitrogens is 1. The van der Waals surface area contributed by atoms with E-state index in [1.165, 1.54) is 22.2 Å². The maximum Gasteiger partial charge on any atom is 0.254 e. The number of amides is 1. The first-order valence-corrected chi connectivity index (χ1v) is 14.2. The summed E-state index contributed by atoms with van der Waals surface area (Å²) >= 11 is 0. The number of aromatic amines is 1. The number of para-hydroxylation sites is 1. The minimum atomic E-state index is 0.135. The van der Waals surface area contributed by atoms with E-state index in [0.717, 1.165) is 86.8 Å². The molecule has 40 heavy (non-hydrogen) atoms. The Labute approximate surface area is 236 Å². The highest BCUT2D eigenvalue weighted by atomic mass is 16.2. The largest absolute Gasteiger partial charge is 0.368 e. The van der Waals surface area contributed by atoms with Crippen LogP contribution in [0.2, 0.25) is 0 Å². The molecule has 7 heteroatoms. The number of nitriles is 1. The van der Waals surface area contributed by atoms with Gasteiger partial charge in [0.2, 0.25) is 0 Å². The normalized spacial score (nSPS) is 16.4. The topological polar surface area (TPSA) is 69.6 Å². The minimum Gasteiger partial charge on any atom is -0.368 e. The average molecular weight is 533 g/mol. The summed E-state index contributed by atoms with van der Waals surface area (Å²) in [5.74, 6) is 0.135. The third-order valence-corrected chi connectivity index (χ3v) is 8.52. The minimum absolute atomic E-state index is 0.135. The lowest BCUT2D eigenvalue weighted by molar-refractivity contribution is 0.0746. The number of fused-ring (bicyclic) bond motifs is 1. The second kappa shape index (κ2) is 11.1. The molecule has 0 atom stereocenters. The van der Waals surface area contributed by atoms with E-state index < -0.39 is 0 Å². The van der Waals surface area contributed by atoms with Gasteiger partial charge >= 0.3 is 0 Å². The first-order valence-electron chi connectivity index (χ1n) is 14.2. The van der Waals surface area contributed by atoms with Crippen LogP contribution in [0.1, 0.15) is 32.6 Å². The van der Waals surface area contributed by atoms with Gasteiger partial charge in [-0.15, -0.1) is 0 Å². The zero-order chi connectivity index (χ0) is 27.6. The van der Waals surface area contributed by atoms with Crippen LogP contribution in [-0.2, 0) is 6.54 Å². The highest BCUT2D eigenvalue weighted by Gasteiger charge is 2.25. The summed E-state index contributed by atoms with van der Waals surface area (Å²) in [5, 5.41) is 10.7. The van der Waals surface area contributed by atoms with E-state index >= 15 is 0 Å². The number of aromatic nitrogens is 1. The Morgan fingerprint density at radius 2 is 1.60 bits per heavy atom. The van der Waals surface area contributed by atoms with Crippen LogP contribution in [-0.4, -0.2) is 73.0 Å². The SMILES string of the molecule is Cc1cc(C)c(C(=O)N2CCN(c3ccc4cc[nH]c4c3)CC2)cc1CN1CCN(c2ccccc2C#N)CC1. The molecule has 2 aliphatic heterocycles. The molecule has 0 unspecified atom stereocenters. The molecule has 0 saturated carbocycles. The fraction of sp³-hybridized carbons (Fsp3) is 0.333. The average Bonchev–Trinajstić information content (AvgIpc) is 3.47. The summed E-state index contributed by atoms with van der Waals surface area (Å²) in [7, 11) is 0. The van der Waals surface area contributed by atoms with E-state index in [1.807, 2.05) is 35.4 Å². The lowest BCUT2D eigenvalue weighted by Crippen LogP contribution is -2.49. The first-order chi connectivity index (χ1) is 19.5. The molecule has 2 saturated heterocycles. The Bertz CT molecular complexity index is 1570. The zero-order valence-electron chi connectivity index (χ0n) is 23.4. The van der Waals surface area contributed by atoms with Gasteiger partial charge in [0.05, 0.1) is 11.3 Å². The van der Waals surface area contributed by atoms with Gasteiger partial charge in [-0.1, -0.05) is 24.3 Å². The van der Waals surface area contributed by atoms with Crippen molar-refractivity contribution in [2.24, 2.45) is 0 Å². The van der Waals surface area contributed by atoms with Crippen molar-refractivity contribution >= 4 is 28.2 Å². The van der Waals surface area contributed by atoms with Crippen molar-refractivity contribution in [2.45, 2.75) is 20.4 Å². The van der Waals surface area contributed by atoms with Crippen molar-refractivity contribution in [2.75, 3.05) is 62.2 Å². The van der Waals surface area contributed by atoms with Crippen molar-refractivity contribution in [3.8, 4) is 6.07 Å². The highest BCUT2D eigenvalue weighted by molar-refractivity contribution is 5.96. The molecular formula is C33H36N6O. The van der Waals surface area contributed by atoms with Gasteiger partial charge in [-0.2, -0.15) is 5.26 Å². The second-order valence-electron chi connectivity index (χ2n) is 11.0. The summed E-state index contributed by atoms with van der Waals surface area (Å²) in [6.45, 7) is 11.7. The smallest absolute Gasteiger partial charge is 0.254 e. The number of anilines is 2. The Morgan fingerprint density at radius 1 is 0.850 bits per heavy atom. The maximum atomic E-state index is 13.7. The third-order valence-electron chi connectivity index (χ3n) is 8.52. The number of piperazine rings is 2. The summed E-state index contributed by atoms with van der Waals surface area (Å²) in [6, 6.07) is 23.1. The molecule has 4 aromatic rings. The molecule has 1 N–H and O–H groups in total. The lowest BCUT2D eigenvalue weighted by Gasteiger charge is -2.37. The molecular weight excluding hydrogens is 496 g/mol. The van der Waals surface area contributed by atoms with Crippen molar-refractivity contribution < 1.29 is 4.79 Å². The van der Waals surface area contributed by atoms with Crippen LogP contribution in [0.25, 0.3) is 10.9 Å². The monoisotopic (exact) mass is 532 g/mol. The van der Waals surface area contributed by atoms with Crippen molar-refractivity contribution in [3.63, 3.8) is 0 Å². The molecule has 0 radical (unpaired) electrons. The molecule has 204 valence electrons. The number of benzene rings is 3. The predicted molar refractivity (Wildman–Crippen MR) is 161 cm³/mol. The van der Waals surface area contributed by atoms with E-state index in [4.69, 9.17) is 0 Å². The predicted octanol–water partition coefficient (Wildman–Crippen LogP) is 4.94. The Morgan fingerprint density at radius 3 is 2.38 bits per heavy atom. The maximum absolute atomic E-state index is 13.7. The van der Waals surface area contributed by atoms with Gasteiger partial charge in [-0.05, 0) is 72.3 Å². The molecule has 6 rings (SSSR count). The van der Waals surface area contributed by atoms with E-state index in [1.54, 1.807) is 0 Å². The molecule has 3 aromatic carbocycles. The van der Waals surface area contributed by atoms with Crippen molar-refractivity contribution in [1.29, 1.82) is 5.26 Å². The molecule has 1 aromatic heterocycles. The number of hydrogen-bond donors (Lipinski definition) is 1. The van der Waals surface area contributed by atoms with E-state index in [-0.39, 0.29) is 5.91 Å². The van der Waals surface area contributed by atoms with Gasteiger partial charge in [-0.25, -0.2) is 0 Å². The van der Waals surface area contributed by atoms with Crippen LogP contribution in [0.4, 0.5) is 11.4 Å². The van der Waals surface area contributed by atoms with E-state index in [2.05, 4.69) is 76.0 Å². The van der Waals surface area contributed by atoms with Gasteiger partial charge in [0, 0.05) is 81.9 Å². The number of rotatable bonds is 5. The molecule has 0 aliphatic carbocycles. The summed E-state index contributed by atoms with van der Waals surface area (Å²) in [5.41, 5.74) is 8.42. The van der Waals surface area contributed by atoms with Crippen LogP contribution in [0.5, 0.6) is 0 Å². The standard InChI is InChI=1S/C33H36N6O/c1-24-19-25(2)30(20-28(24)23-36-11-13-38(14-12-36)32-6-4-3-5-27(32)22-34)33(40)39-17-15-37(16-18-39)29-8-7-26-9-10-35-31(26)21-29/h3-10,19-21,35H,11-18,23H2,1-2H3. The molecule has 3 heterocycles. The van der Waals surface area contributed by atoms with Crippen molar-refractivity contribution in [1.82, 2.24) is 14.8 Å². The Balaban J connectivity index is 1.09. The fourth-order valence-electron chi connectivity index (χ4n) is 6.10. The molecule has 2 aliphatic rings. The Kier molecular flexibility index (Phi) is 7.19. The first kappa shape index (κ1) is 26.0. The van der Waals surface area contributed by atoms with Gasteiger partial charge in [0.1, 0.15) is 6.07 Å². The van der Waals surface area contributed by atoms with Crippen LogP contribution in [0.3, 0.4) is 0 Å². The van der Waals surface area contributed by atoms with Crippen LogP contribution >= 0.6 is 0 Å². The number of nitrogens with one attached hydrogen (secondary N) is 1. The third kappa shape index (κ3) is 5.15. The zero-order valence-corrected chi connectivity index (χ0v) is 23.4. The fourth-order valence-corrected chi connectivity index (χ4v) is 6.10. The van der Waals surface area contributed by atoms with Gasteiger partial charge in [0.25, 0.3) is 5.91 Å². The number of aryl methyl sites for hydroxylation is 2. The number of hydrogen-bond acceptors (Lipinski definition) is 5. The van der Waals surface area contributed by atoms with E-state index in [9.17, 15) is 10.1 Å². The van der Waals surface area contributed by atoms with Crippen molar-refractivity contribution in [3.05, 3.63) is 94.7 Å². The van der Waals surface area contributed by atoms with Gasteiger partial charge < -0.3 is 19.7 Å². The highest BCUT2D eigenvalue weighted by Crippen LogP contribution is 2.26.